The van der Waals surface area contributed by atoms with Gasteiger partial charge in [-0.05, 0) is 43.5 Å². The van der Waals surface area contributed by atoms with Crippen LogP contribution in [0.5, 0.6) is 11.5 Å². The van der Waals surface area contributed by atoms with Gasteiger partial charge in [0.1, 0.15) is 0 Å². The van der Waals surface area contributed by atoms with Gasteiger partial charge in [0.2, 0.25) is 10.0 Å². The second kappa shape index (κ2) is 8.35. The first-order valence-electron chi connectivity index (χ1n) is 8.77. The van der Waals surface area contributed by atoms with Crippen LogP contribution in [0.15, 0.2) is 17.1 Å². The second-order valence-electron chi connectivity index (χ2n) is 7.31. The minimum Gasteiger partial charge on any atom is -0.493 e. The number of nitrogens with one attached hydrogen (secondary N) is 2. The molecule has 1 heterocycles. The number of guanidine groups is 1. The summed E-state index contributed by atoms with van der Waals surface area (Å²) < 4.78 is 36.4. The lowest BCUT2D eigenvalue weighted by Crippen LogP contribution is -2.54. The molecule has 27 heavy (non-hydrogen) atoms. The largest absolute Gasteiger partial charge is 0.493 e. The van der Waals surface area contributed by atoms with E-state index < -0.39 is 15.6 Å². The molecule has 0 fully saturated rings. The van der Waals surface area contributed by atoms with E-state index in [1.54, 1.807) is 21.3 Å². The van der Waals surface area contributed by atoms with E-state index in [1.807, 2.05) is 26.0 Å². The topological polar surface area (TPSA) is 92.3 Å². The molecule has 0 bridgehead atoms. The first kappa shape index (κ1) is 21.3. The van der Waals surface area contributed by atoms with Gasteiger partial charge in [-0.1, -0.05) is 0 Å². The standard InChI is InChI=1S/C18H30N4O4S/c1-18(2,21-27(6,23)24)12-20-17(19-3)22-8-7-13-9-15(25-4)16(26-5)10-14(13)11-22/h9-10,21H,7-8,11-12H2,1-6H3,(H,19,20). The Morgan fingerprint density at radius 1 is 1.22 bits per heavy atom. The summed E-state index contributed by atoms with van der Waals surface area (Å²) in [5.41, 5.74) is 1.77. The summed E-state index contributed by atoms with van der Waals surface area (Å²) >= 11 is 0. The van der Waals surface area contributed by atoms with Crippen LogP contribution in [0.25, 0.3) is 0 Å². The Labute approximate surface area is 162 Å². The Balaban J connectivity index is 2.10. The monoisotopic (exact) mass is 398 g/mol. The van der Waals surface area contributed by atoms with Crippen molar-refractivity contribution in [3.8, 4) is 11.5 Å². The highest BCUT2D eigenvalue weighted by molar-refractivity contribution is 7.88. The number of fused-ring (bicyclic) bond motifs is 1. The van der Waals surface area contributed by atoms with Crippen LogP contribution in [0.4, 0.5) is 0 Å². The van der Waals surface area contributed by atoms with Crippen LogP contribution in [0, 0.1) is 0 Å². The summed E-state index contributed by atoms with van der Waals surface area (Å²) in [5, 5.41) is 3.28. The molecule has 8 nitrogen and oxygen atoms in total. The van der Waals surface area contributed by atoms with Crippen molar-refractivity contribution >= 4 is 16.0 Å². The zero-order chi connectivity index (χ0) is 20.2. The molecule has 0 spiro atoms. The molecule has 0 amide bonds. The number of nitrogens with zero attached hydrogens (tertiary/aromatic N) is 2. The van der Waals surface area contributed by atoms with Crippen LogP contribution >= 0.6 is 0 Å². The predicted octanol–water partition coefficient (Wildman–Crippen LogP) is 0.965. The first-order chi connectivity index (χ1) is 12.6. The maximum atomic E-state index is 11.5. The van der Waals surface area contributed by atoms with Crippen molar-refractivity contribution in [2.45, 2.75) is 32.4 Å². The van der Waals surface area contributed by atoms with E-state index in [1.165, 1.54) is 5.56 Å². The fourth-order valence-electron chi connectivity index (χ4n) is 3.23. The Hall–Kier alpha value is -2.00. The molecule has 0 aromatic heterocycles. The quantitative estimate of drug-likeness (QED) is 0.548. The lowest BCUT2D eigenvalue weighted by molar-refractivity contribution is 0.344. The normalized spacial score (nSPS) is 15.3. The molecule has 152 valence electrons. The van der Waals surface area contributed by atoms with Gasteiger partial charge < -0.3 is 19.7 Å². The average Bonchev–Trinajstić information content (AvgIpc) is 2.58. The average molecular weight is 399 g/mol. The summed E-state index contributed by atoms with van der Waals surface area (Å²) in [5.74, 6) is 2.18. The lowest BCUT2D eigenvalue weighted by atomic mass is 9.99. The van der Waals surface area contributed by atoms with Crippen LogP contribution in [0.2, 0.25) is 0 Å². The molecule has 2 N–H and O–H groups in total. The molecule has 1 aromatic rings. The predicted molar refractivity (Wildman–Crippen MR) is 107 cm³/mol. The van der Waals surface area contributed by atoms with Crippen LogP contribution in [-0.2, 0) is 23.0 Å². The second-order valence-corrected chi connectivity index (χ2v) is 9.05. The zero-order valence-electron chi connectivity index (χ0n) is 16.9. The number of sulfonamides is 1. The lowest BCUT2D eigenvalue weighted by Gasteiger charge is -2.34. The Morgan fingerprint density at radius 2 is 1.81 bits per heavy atom. The van der Waals surface area contributed by atoms with Gasteiger partial charge in [-0.3, -0.25) is 4.99 Å². The molecule has 0 atom stereocenters. The Morgan fingerprint density at radius 3 is 2.33 bits per heavy atom. The van der Waals surface area contributed by atoms with Gasteiger partial charge in [0.15, 0.2) is 17.5 Å². The fourth-order valence-corrected chi connectivity index (χ4v) is 4.31. The molecular weight excluding hydrogens is 368 g/mol. The third-order valence-corrected chi connectivity index (χ3v) is 5.30. The van der Waals surface area contributed by atoms with Crippen LogP contribution in [0.1, 0.15) is 25.0 Å². The van der Waals surface area contributed by atoms with Crippen molar-refractivity contribution in [3.05, 3.63) is 23.3 Å². The molecule has 1 aliphatic heterocycles. The molecule has 0 saturated heterocycles. The summed E-state index contributed by atoms with van der Waals surface area (Å²) in [6, 6.07) is 4.03. The molecule has 0 saturated carbocycles. The van der Waals surface area contributed by atoms with Crippen LogP contribution < -0.4 is 19.5 Å². The van der Waals surface area contributed by atoms with Gasteiger partial charge in [0.05, 0.1) is 20.5 Å². The summed E-state index contributed by atoms with van der Waals surface area (Å²) in [6.07, 6.45) is 2.02. The number of hydrogen-bond acceptors (Lipinski definition) is 5. The molecule has 1 aromatic carbocycles. The molecule has 9 heteroatoms. The molecule has 0 aliphatic carbocycles. The van der Waals surface area contributed by atoms with E-state index in [0.717, 1.165) is 36.5 Å². The number of ether oxygens (including phenoxy) is 2. The van der Waals surface area contributed by atoms with Crippen LogP contribution in [0.3, 0.4) is 0 Å². The van der Waals surface area contributed by atoms with E-state index in [-0.39, 0.29) is 0 Å². The van der Waals surface area contributed by atoms with E-state index in [2.05, 4.69) is 19.9 Å². The van der Waals surface area contributed by atoms with Gasteiger partial charge in [0, 0.05) is 32.2 Å². The van der Waals surface area contributed by atoms with Gasteiger partial charge in [-0.15, -0.1) is 0 Å². The van der Waals surface area contributed by atoms with Gasteiger partial charge in [0.25, 0.3) is 0 Å². The number of benzene rings is 1. The SMILES string of the molecule is CN=C(NCC(C)(C)NS(C)(=O)=O)N1CCc2cc(OC)c(OC)cc2C1. The number of methoxy groups -OCH3 is 2. The smallest absolute Gasteiger partial charge is 0.209 e. The van der Waals surface area contributed by atoms with Crippen molar-refractivity contribution in [1.29, 1.82) is 0 Å². The number of rotatable bonds is 6. The molecule has 0 radical (unpaired) electrons. The third kappa shape index (κ3) is 5.74. The highest BCUT2D eigenvalue weighted by Gasteiger charge is 2.25. The fraction of sp³-hybridized carbons (Fsp3) is 0.611. The zero-order valence-corrected chi connectivity index (χ0v) is 17.7. The van der Waals surface area contributed by atoms with Gasteiger partial charge in [-0.25, -0.2) is 13.1 Å². The first-order valence-corrected chi connectivity index (χ1v) is 10.7. The molecular formula is C18H30N4O4S. The highest BCUT2D eigenvalue weighted by Crippen LogP contribution is 2.33. The van der Waals surface area contributed by atoms with Crippen molar-refractivity contribution in [3.63, 3.8) is 0 Å². The third-order valence-electron chi connectivity index (χ3n) is 4.38. The van der Waals surface area contributed by atoms with Crippen LogP contribution in [-0.4, -0.2) is 65.4 Å². The minimum absolute atomic E-state index is 0.419. The highest BCUT2D eigenvalue weighted by atomic mass is 32.2. The van der Waals surface area contributed by atoms with E-state index >= 15 is 0 Å². The summed E-state index contributed by atoms with van der Waals surface area (Å²) in [7, 11) is 1.70. The Kier molecular flexibility index (Phi) is 6.59. The number of hydrogen-bond donors (Lipinski definition) is 2. The molecule has 2 rings (SSSR count). The van der Waals surface area contributed by atoms with E-state index in [4.69, 9.17) is 9.47 Å². The van der Waals surface area contributed by atoms with Gasteiger partial charge in [-0.2, -0.15) is 0 Å². The number of aliphatic imine (C=N–C) groups is 1. The van der Waals surface area contributed by atoms with E-state index in [9.17, 15) is 8.42 Å². The maximum Gasteiger partial charge on any atom is 0.209 e. The summed E-state index contributed by atoms with van der Waals surface area (Å²) in [6.45, 7) is 5.58. The maximum absolute atomic E-state index is 11.5. The van der Waals surface area contributed by atoms with Gasteiger partial charge >= 0.3 is 0 Å². The van der Waals surface area contributed by atoms with Crippen molar-refractivity contribution < 1.29 is 17.9 Å². The molecule has 1 aliphatic rings. The molecule has 0 unspecified atom stereocenters. The minimum atomic E-state index is -3.28. The summed E-state index contributed by atoms with van der Waals surface area (Å²) in [4.78, 5) is 6.50. The van der Waals surface area contributed by atoms with Crippen molar-refractivity contribution in [2.75, 3.05) is 40.6 Å². The Bertz CT molecular complexity index is 806. The van der Waals surface area contributed by atoms with Crippen molar-refractivity contribution in [1.82, 2.24) is 14.9 Å². The van der Waals surface area contributed by atoms with Crippen molar-refractivity contribution in [2.24, 2.45) is 4.99 Å². The van der Waals surface area contributed by atoms with E-state index in [0.29, 0.717) is 18.8 Å².